The molecule has 0 atom stereocenters. The first-order chi connectivity index (χ1) is 5.56. The van der Waals surface area contributed by atoms with Gasteiger partial charge < -0.3 is 9.29 Å². The Morgan fingerprint density at radius 2 is 1.47 bits per heavy atom. The maximum absolute atomic E-state index is 10.0. The molecule has 0 bridgehead atoms. The molecule has 0 aliphatic carbocycles. The first kappa shape index (κ1) is 36.1. The topological polar surface area (TPSA) is 66.4 Å². The van der Waals surface area contributed by atoms with E-state index in [-0.39, 0.29) is 59.3 Å². The molecule has 6 heteroatoms. The summed E-state index contributed by atoms with van der Waals surface area (Å²) in [5.74, 6) is -0.695. The molecule has 0 aromatic carbocycles. The van der Waals surface area contributed by atoms with Crippen LogP contribution < -0.4 is 29.6 Å². The molecule has 106 valence electrons. The zero-order valence-electron chi connectivity index (χ0n) is 8.28. The molecular weight excluding hydrogens is 251 g/mol. The summed E-state index contributed by atoms with van der Waals surface area (Å²) in [5.41, 5.74) is 0. The fourth-order valence-corrected chi connectivity index (χ4v) is 1.11. The Balaban J connectivity index is -0.0000000605. The Bertz CT molecular complexity index is 194. The van der Waals surface area contributed by atoms with Gasteiger partial charge in [-0.25, -0.2) is 8.42 Å². The molecule has 0 N–H and O–H groups in total. The molecule has 0 heterocycles. The Kier molecular flexibility index (Phi) is 46.9. The van der Waals surface area contributed by atoms with Gasteiger partial charge >= 0.3 is 29.6 Å². The third kappa shape index (κ3) is 38.3. The van der Waals surface area contributed by atoms with Gasteiger partial charge in [0.25, 0.3) is 0 Å². The van der Waals surface area contributed by atoms with Gasteiger partial charge in [0.15, 0.2) is 0 Å². The third-order valence-corrected chi connectivity index (χ3v) is 1.83. The van der Waals surface area contributed by atoms with Gasteiger partial charge in [0.1, 0.15) is 16.1 Å². The monoisotopic (exact) mass is 282 g/mol. The van der Waals surface area contributed by atoms with Crippen LogP contribution in [0.4, 0.5) is 0 Å². The van der Waals surface area contributed by atoms with E-state index in [4.69, 9.17) is 0 Å². The van der Waals surface area contributed by atoms with E-state index in [1.165, 1.54) is 0 Å². The summed E-state index contributed by atoms with van der Waals surface area (Å²) in [7, 11) is -4.19. The zero-order chi connectivity index (χ0) is 9.45. The predicted octanol–water partition coefficient (Wildman–Crippen LogP) is 0.634. The van der Waals surface area contributed by atoms with Crippen molar-refractivity contribution in [3.05, 3.63) is 0 Å². The van der Waals surface area contributed by atoms with Crippen molar-refractivity contribution in [1.82, 2.24) is 0 Å². The molecule has 17 heavy (non-hydrogen) atoms. The molecule has 0 saturated carbocycles. The smallest absolute Gasteiger partial charge is 0.746 e. The fraction of sp³-hybridized carbons (Fsp3) is 1.00. The van der Waals surface area contributed by atoms with Gasteiger partial charge in [-0.15, -0.1) is 0 Å². The van der Waals surface area contributed by atoms with Gasteiger partial charge in [-0.2, -0.15) is 0 Å². The molecule has 0 aliphatic rings. The van der Waals surface area contributed by atoms with Gasteiger partial charge in [0.2, 0.25) is 0 Å². The number of rotatable bonds is 7. The van der Waals surface area contributed by atoms with E-state index in [0.717, 1.165) is 25.7 Å². The molecule has 0 radical (unpaired) electrons. The summed E-state index contributed by atoms with van der Waals surface area (Å²) in [6.07, 6.45) is 4.09. The standard InChI is InChI=1S/C7H16O4S.4CH4.Na/c1-2-3-4-5-6-11-7-12(8,9)10;;;;;/h2-7H2,1H3,(H,8,9,10);4*1H4;/q;;;;;+1/p-1. The molecule has 0 unspecified atom stereocenters. The van der Waals surface area contributed by atoms with Crippen molar-refractivity contribution in [2.24, 2.45) is 0 Å². The fourth-order valence-electron chi connectivity index (χ4n) is 0.792. The number of hydrogen-bond acceptors (Lipinski definition) is 4. The van der Waals surface area contributed by atoms with E-state index in [1.807, 2.05) is 0 Å². The minimum absolute atomic E-state index is 0. The Morgan fingerprint density at radius 3 is 1.82 bits per heavy atom. The minimum Gasteiger partial charge on any atom is -0.746 e. The van der Waals surface area contributed by atoms with Crippen molar-refractivity contribution >= 4 is 10.1 Å². The van der Waals surface area contributed by atoms with Gasteiger partial charge in [0, 0.05) is 6.61 Å². The molecule has 4 nitrogen and oxygen atoms in total. The molecular formula is C11H31NaO4S. The van der Waals surface area contributed by atoms with Gasteiger partial charge in [-0.3, -0.25) is 0 Å². The van der Waals surface area contributed by atoms with Crippen LogP contribution in [0.15, 0.2) is 0 Å². The summed E-state index contributed by atoms with van der Waals surface area (Å²) >= 11 is 0. The average molecular weight is 282 g/mol. The molecule has 0 saturated heterocycles. The van der Waals surface area contributed by atoms with E-state index in [9.17, 15) is 13.0 Å². The summed E-state index contributed by atoms with van der Waals surface area (Å²) in [6.45, 7) is 2.45. The van der Waals surface area contributed by atoms with Crippen LogP contribution >= 0.6 is 0 Å². The second-order valence-corrected chi connectivity index (χ2v) is 4.00. The summed E-state index contributed by atoms with van der Waals surface area (Å²) in [4.78, 5) is 0. The van der Waals surface area contributed by atoms with E-state index in [0.29, 0.717) is 6.61 Å². The number of unbranched alkanes of at least 4 members (excludes halogenated alkanes) is 3. The van der Waals surface area contributed by atoms with E-state index < -0.39 is 16.1 Å². The van der Waals surface area contributed by atoms with Crippen LogP contribution in [0.3, 0.4) is 0 Å². The third-order valence-electron chi connectivity index (χ3n) is 1.37. The molecule has 0 aliphatic heterocycles. The second-order valence-electron chi connectivity index (χ2n) is 2.64. The normalized spacial score (nSPS) is 8.35. The van der Waals surface area contributed by atoms with Gasteiger partial charge in [0.05, 0.1) is 0 Å². The maximum Gasteiger partial charge on any atom is 1.00 e. The summed E-state index contributed by atoms with van der Waals surface area (Å²) in [5, 5.41) is 0. The van der Waals surface area contributed by atoms with Crippen molar-refractivity contribution in [3.8, 4) is 0 Å². The van der Waals surface area contributed by atoms with Crippen LogP contribution in [0.25, 0.3) is 0 Å². The van der Waals surface area contributed by atoms with Crippen LogP contribution in [0.2, 0.25) is 0 Å². The largest absolute Gasteiger partial charge is 1.00 e. The first-order valence-electron chi connectivity index (χ1n) is 4.07. The Morgan fingerprint density at radius 1 is 1.00 bits per heavy atom. The number of hydrogen-bond donors (Lipinski definition) is 0. The number of ether oxygens (including phenoxy) is 1. The van der Waals surface area contributed by atoms with Crippen LogP contribution in [-0.4, -0.2) is 25.5 Å². The molecule has 0 aromatic rings. The van der Waals surface area contributed by atoms with Crippen LogP contribution in [0, 0.1) is 0 Å². The maximum atomic E-state index is 10.0. The SMILES string of the molecule is C.C.C.C.CCCCCCOCS(=O)(=O)[O-].[Na+]. The molecule has 0 aromatic heterocycles. The molecule has 0 rings (SSSR count). The Labute approximate surface area is 132 Å². The van der Waals surface area contributed by atoms with E-state index >= 15 is 0 Å². The molecule has 0 amide bonds. The van der Waals surface area contributed by atoms with Crippen LogP contribution in [0.5, 0.6) is 0 Å². The van der Waals surface area contributed by atoms with E-state index in [1.54, 1.807) is 0 Å². The van der Waals surface area contributed by atoms with Crippen molar-refractivity contribution < 1.29 is 47.3 Å². The second kappa shape index (κ2) is 22.1. The zero-order valence-corrected chi connectivity index (χ0v) is 11.1. The summed E-state index contributed by atoms with van der Waals surface area (Å²) in [6, 6.07) is 0. The van der Waals surface area contributed by atoms with Crippen molar-refractivity contribution in [2.45, 2.75) is 62.3 Å². The van der Waals surface area contributed by atoms with Crippen molar-refractivity contribution in [1.29, 1.82) is 0 Å². The Hall–Kier alpha value is 0.870. The van der Waals surface area contributed by atoms with Crippen LogP contribution in [-0.2, 0) is 14.9 Å². The first-order valence-corrected chi connectivity index (χ1v) is 5.65. The predicted molar refractivity (Wildman–Crippen MR) is 71.6 cm³/mol. The van der Waals surface area contributed by atoms with Crippen LogP contribution in [0.1, 0.15) is 62.3 Å². The van der Waals surface area contributed by atoms with E-state index in [2.05, 4.69) is 11.7 Å². The van der Waals surface area contributed by atoms with Gasteiger partial charge in [-0.1, -0.05) is 55.9 Å². The van der Waals surface area contributed by atoms with Crippen molar-refractivity contribution in [2.75, 3.05) is 12.5 Å². The average Bonchev–Trinajstić information content (AvgIpc) is 1.94. The molecule has 0 fully saturated rings. The minimum atomic E-state index is -4.19. The molecule has 0 spiro atoms. The quantitative estimate of drug-likeness (QED) is 0.390. The van der Waals surface area contributed by atoms with Gasteiger partial charge in [-0.05, 0) is 6.42 Å². The summed E-state index contributed by atoms with van der Waals surface area (Å²) < 4.78 is 34.8. The van der Waals surface area contributed by atoms with Crippen molar-refractivity contribution in [3.63, 3.8) is 0 Å².